The third-order valence-electron chi connectivity index (χ3n) is 4.72. The highest BCUT2D eigenvalue weighted by atomic mass is 32.1. The smallest absolute Gasteiger partial charge is 0.0937 e. The highest BCUT2D eigenvalue weighted by Crippen LogP contribution is 2.49. The zero-order valence-electron chi connectivity index (χ0n) is 10.6. The van der Waals surface area contributed by atoms with Crippen LogP contribution >= 0.6 is 11.3 Å². The van der Waals surface area contributed by atoms with Crippen LogP contribution < -0.4 is 5.32 Å². The van der Waals surface area contributed by atoms with Gasteiger partial charge in [0.25, 0.3) is 0 Å². The molecule has 2 bridgehead atoms. The van der Waals surface area contributed by atoms with Gasteiger partial charge in [-0.25, -0.2) is 4.98 Å². The Bertz CT molecular complexity index is 349. The van der Waals surface area contributed by atoms with Crippen molar-refractivity contribution < 1.29 is 0 Å². The first-order chi connectivity index (χ1) is 8.33. The van der Waals surface area contributed by atoms with Gasteiger partial charge in [-0.15, -0.1) is 11.3 Å². The normalized spacial score (nSPS) is 33.1. The molecule has 1 aromatic heterocycles. The summed E-state index contributed by atoms with van der Waals surface area (Å²) in [4.78, 5) is 4.33. The zero-order chi connectivity index (χ0) is 11.7. The molecule has 1 N–H and O–H groups in total. The number of fused-ring (bicyclic) bond motifs is 2. The first kappa shape index (κ1) is 11.7. The molecule has 1 aromatic rings. The molecule has 2 nitrogen and oxygen atoms in total. The molecule has 0 spiro atoms. The Kier molecular flexibility index (Phi) is 3.48. The molecule has 3 rings (SSSR count). The van der Waals surface area contributed by atoms with Gasteiger partial charge in [-0.1, -0.05) is 6.42 Å². The lowest BCUT2D eigenvalue weighted by molar-refractivity contribution is 0.261. The highest BCUT2D eigenvalue weighted by molar-refractivity contribution is 7.09. The third kappa shape index (κ3) is 2.55. The van der Waals surface area contributed by atoms with Gasteiger partial charge in [0, 0.05) is 30.6 Å². The Labute approximate surface area is 108 Å². The van der Waals surface area contributed by atoms with Gasteiger partial charge in [0.15, 0.2) is 0 Å². The third-order valence-corrected chi connectivity index (χ3v) is 5.56. The van der Waals surface area contributed by atoms with E-state index in [1.165, 1.54) is 30.7 Å². The maximum absolute atomic E-state index is 4.33. The summed E-state index contributed by atoms with van der Waals surface area (Å²) >= 11 is 1.77. The number of rotatable bonds is 5. The van der Waals surface area contributed by atoms with Gasteiger partial charge in [0.05, 0.1) is 5.01 Å². The fourth-order valence-electron chi connectivity index (χ4n) is 3.84. The van der Waals surface area contributed by atoms with E-state index in [0.717, 1.165) is 30.7 Å². The molecule has 4 unspecified atom stereocenters. The Morgan fingerprint density at radius 1 is 1.47 bits per heavy atom. The summed E-state index contributed by atoms with van der Waals surface area (Å²) in [5, 5.41) is 7.04. The first-order valence-corrected chi connectivity index (χ1v) is 7.82. The van der Waals surface area contributed by atoms with Crippen LogP contribution in [-0.4, -0.2) is 17.6 Å². The molecule has 4 atom stereocenters. The largest absolute Gasteiger partial charge is 0.314 e. The van der Waals surface area contributed by atoms with Crippen molar-refractivity contribution in [1.29, 1.82) is 0 Å². The molecule has 2 fully saturated rings. The second-order valence-electron chi connectivity index (χ2n) is 5.76. The lowest BCUT2D eigenvalue weighted by atomic mass is 9.84. The lowest BCUT2D eigenvalue weighted by Gasteiger charge is -2.28. The van der Waals surface area contributed by atoms with E-state index >= 15 is 0 Å². The molecule has 1 heterocycles. The topological polar surface area (TPSA) is 24.9 Å². The Balaban J connectivity index is 1.43. The van der Waals surface area contributed by atoms with Gasteiger partial charge in [-0.05, 0) is 43.9 Å². The Hall–Kier alpha value is -0.410. The van der Waals surface area contributed by atoms with E-state index in [-0.39, 0.29) is 0 Å². The standard InChI is InChI=1S/C14H22N2S/c1-10(13-9-11-2-3-12(13)8-11)15-5-4-14-16-6-7-17-14/h6-7,10-13,15H,2-5,8-9H2,1H3. The number of nitrogens with zero attached hydrogens (tertiary/aromatic N) is 1. The molecule has 0 radical (unpaired) electrons. The van der Waals surface area contributed by atoms with Gasteiger partial charge < -0.3 is 5.32 Å². The Morgan fingerprint density at radius 2 is 2.41 bits per heavy atom. The van der Waals surface area contributed by atoms with Gasteiger partial charge in [0.2, 0.25) is 0 Å². The van der Waals surface area contributed by atoms with Gasteiger partial charge in [-0.3, -0.25) is 0 Å². The van der Waals surface area contributed by atoms with E-state index in [1.807, 2.05) is 6.20 Å². The van der Waals surface area contributed by atoms with E-state index in [9.17, 15) is 0 Å². The average Bonchev–Trinajstić information content (AvgIpc) is 3.05. The second kappa shape index (κ2) is 5.07. The molecule has 0 aromatic carbocycles. The van der Waals surface area contributed by atoms with E-state index in [2.05, 4.69) is 22.6 Å². The Morgan fingerprint density at radius 3 is 3.06 bits per heavy atom. The fourth-order valence-corrected chi connectivity index (χ4v) is 4.46. The minimum atomic E-state index is 0.699. The van der Waals surface area contributed by atoms with Crippen LogP contribution in [0.15, 0.2) is 11.6 Å². The molecule has 3 heteroatoms. The molecule has 2 saturated carbocycles. The maximum Gasteiger partial charge on any atom is 0.0937 e. The van der Waals surface area contributed by atoms with E-state index < -0.39 is 0 Å². The summed E-state index contributed by atoms with van der Waals surface area (Å²) in [7, 11) is 0. The summed E-state index contributed by atoms with van der Waals surface area (Å²) in [6, 6.07) is 0.699. The molecule has 0 aliphatic heterocycles. The minimum absolute atomic E-state index is 0.699. The van der Waals surface area contributed by atoms with Crippen LogP contribution in [0.4, 0.5) is 0 Å². The number of hydrogen-bond acceptors (Lipinski definition) is 3. The van der Waals surface area contributed by atoms with Crippen molar-refractivity contribution in [3.63, 3.8) is 0 Å². The predicted octanol–water partition coefficient (Wildman–Crippen LogP) is 3.10. The number of thiazole rings is 1. The summed E-state index contributed by atoms with van der Waals surface area (Å²) in [6.45, 7) is 3.47. The second-order valence-corrected chi connectivity index (χ2v) is 6.74. The molecule has 0 saturated heterocycles. The monoisotopic (exact) mass is 250 g/mol. The van der Waals surface area contributed by atoms with Crippen LogP contribution in [0.25, 0.3) is 0 Å². The fraction of sp³-hybridized carbons (Fsp3) is 0.786. The van der Waals surface area contributed by atoms with Crippen molar-refractivity contribution in [2.45, 2.75) is 45.1 Å². The summed E-state index contributed by atoms with van der Waals surface area (Å²) in [6.07, 6.45) is 8.99. The average molecular weight is 250 g/mol. The van der Waals surface area contributed by atoms with Crippen molar-refractivity contribution >= 4 is 11.3 Å². The van der Waals surface area contributed by atoms with Crippen molar-refractivity contribution in [3.05, 3.63) is 16.6 Å². The minimum Gasteiger partial charge on any atom is -0.314 e. The van der Waals surface area contributed by atoms with Gasteiger partial charge in [-0.2, -0.15) is 0 Å². The number of hydrogen-bond donors (Lipinski definition) is 1. The van der Waals surface area contributed by atoms with Crippen molar-refractivity contribution in [3.8, 4) is 0 Å². The molecule has 2 aliphatic carbocycles. The van der Waals surface area contributed by atoms with E-state index in [4.69, 9.17) is 0 Å². The quantitative estimate of drug-likeness (QED) is 0.868. The first-order valence-electron chi connectivity index (χ1n) is 6.94. The molecule has 2 aliphatic rings. The van der Waals surface area contributed by atoms with Crippen molar-refractivity contribution in [1.82, 2.24) is 10.3 Å². The van der Waals surface area contributed by atoms with Crippen LogP contribution in [0.3, 0.4) is 0 Å². The summed E-state index contributed by atoms with van der Waals surface area (Å²) in [5.74, 6) is 3.04. The van der Waals surface area contributed by atoms with Crippen LogP contribution in [0.2, 0.25) is 0 Å². The molecule has 17 heavy (non-hydrogen) atoms. The van der Waals surface area contributed by atoms with Gasteiger partial charge >= 0.3 is 0 Å². The molecular weight excluding hydrogens is 228 g/mol. The SMILES string of the molecule is CC(NCCc1nccs1)C1CC2CCC1C2. The van der Waals surface area contributed by atoms with E-state index in [0.29, 0.717) is 6.04 Å². The van der Waals surface area contributed by atoms with Crippen molar-refractivity contribution in [2.75, 3.05) is 6.54 Å². The van der Waals surface area contributed by atoms with E-state index in [1.54, 1.807) is 11.3 Å². The number of aromatic nitrogens is 1. The predicted molar refractivity (Wildman–Crippen MR) is 72.2 cm³/mol. The summed E-state index contributed by atoms with van der Waals surface area (Å²) in [5.41, 5.74) is 0. The maximum atomic E-state index is 4.33. The van der Waals surface area contributed by atoms with Crippen LogP contribution in [0.5, 0.6) is 0 Å². The van der Waals surface area contributed by atoms with Crippen LogP contribution in [0.1, 0.15) is 37.6 Å². The summed E-state index contributed by atoms with van der Waals surface area (Å²) < 4.78 is 0. The van der Waals surface area contributed by atoms with Crippen molar-refractivity contribution in [2.24, 2.45) is 17.8 Å². The molecule has 94 valence electrons. The highest BCUT2D eigenvalue weighted by Gasteiger charge is 2.41. The van der Waals surface area contributed by atoms with Crippen LogP contribution in [-0.2, 0) is 6.42 Å². The zero-order valence-corrected chi connectivity index (χ0v) is 11.4. The lowest BCUT2D eigenvalue weighted by Crippen LogP contribution is -2.37. The molecule has 0 amide bonds. The van der Waals surface area contributed by atoms with Gasteiger partial charge in [0.1, 0.15) is 0 Å². The number of nitrogens with one attached hydrogen (secondary N) is 1. The molecular formula is C14H22N2S. The van der Waals surface area contributed by atoms with Crippen LogP contribution in [0, 0.1) is 17.8 Å².